The Labute approximate surface area is 129 Å². The highest BCUT2D eigenvalue weighted by molar-refractivity contribution is 7.09. The van der Waals surface area contributed by atoms with Crippen molar-refractivity contribution < 1.29 is 0 Å². The molecule has 0 saturated heterocycles. The van der Waals surface area contributed by atoms with Gasteiger partial charge in [-0.05, 0) is 25.3 Å². The van der Waals surface area contributed by atoms with Gasteiger partial charge < -0.3 is 5.32 Å². The van der Waals surface area contributed by atoms with Crippen molar-refractivity contribution in [2.75, 3.05) is 6.54 Å². The first kappa shape index (κ1) is 14.2. The van der Waals surface area contributed by atoms with Gasteiger partial charge in [0.2, 0.25) is 0 Å². The lowest BCUT2D eigenvalue weighted by atomic mass is 9.62. The predicted octanol–water partition coefficient (Wildman–Crippen LogP) is 3.21. The van der Waals surface area contributed by atoms with Gasteiger partial charge in [0, 0.05) is 30.1 Å². The van der Waals surface area contributed by atoms with Crippen LogP contribution < -0.4 is 5.32 Å². The van der Waals surface area contributed by atoms with Crippen molar-refractivity contribution >= 4 is 11.3 Å². The zero-order chi connectivity index (χ0) is 14.7. The molecule has 1 aromatic carbocycles. The highest BCUT2D eigenvalue weighted by atomic mass is 32.1. The van der Waals surface area contributed by atoms with Crippen LogP contribution in [0.1, 0.15) is 29.1 Å². The van der Waals surface area contributed by atoms with E-state index in [1.165, 1.54) is 5.01 Å². The van der Waals surface area contributed by atoms with Gasteiger partial charge in [0.25, 0.3) is 0 Å². The molecule has 0 aliphatic heterocycles. The summed E-state index contributed by atoms with van der Waals surface area (Å²) in [5, 5.41) is 16.4. The quantitative estimate of drug-likeness (QED) is 0.922. The van der Waals surface area contributed by atoms with Crippen LogP contribution in [-0.2, 0) is 11.8 Å². The molecule has 1 N–H and O–H groups in total. The number of hydrogen-bond donors (Lipinski definition) is 1. The second-order valence-corrected chi connectivity index (χ2v) is 6.69. The predicted molar refractivity (Wildman–Crippen MR) is 85.3 cm³/mol. The molecule has 0 unspecified atom stereocenters. The monoisotopic (exact) mass is 297 g/mol. The van der Waals surface area contributed by atoms with E-state index in [1.54, 1.807) is 11.3 Å². The van der Waals surface area contributed by atoms with Gasteiger partial charge in [-0.2, -0.15) is 5.26 Å². The van der Waals surface area contributed by atoms with Crippen molar-refractivity contribution in [2.24, 2.45) is 0 Å². The molecule has 4 heteroatoms. The number of hydrogen-bond acceptors (Lipinski definition) is 4. The lowest BCUT2D eigenvalue weighted by Gasteiger charge is -2.43. The average molecular weight is 297 g/mol. The molecule has 1 aromatic heterocycles. The number of benzene rings is 1. The highest BCUT2D eigenvalue weighted by Gasteiger charge is 2.45. The topological polar surface area (TPSA) is 48.7 Å². The Balaban J connectivity index is 1.50. The maximum absolute atomic E-state index is 9.53. The van der Waals surface area contributed by atoms with Gasteiger partial charge in [-0.3, -0.25) is 0 Å². The summed E-state index contributed by atoms with van der Waals surface area (Å²) in [5.74, 6) is 0. The summed E-state index contributed by atoms with van der Waals surface area (Å²) in [6.07, 6.45) is 2.79. The molecule has 1 aliphatic carbocycles. The van der Waals surface area contributed by atoms with E-state index >= 15 is 0 Å². The molecule has 1 saturated carbocycles. The third kappa shape index (κ3) is 2.99. The zero-order valence-corrected chi connectivity index (χ0v) is 13.0. The first-order chi connectivity index (χ1) is 10.2. The third-order valence-electron chi connectivity index (χ3n) is 4.17. The average Bonchev–Trinajstić information content (AvgIpc) is 2.88. The van der Waals surface area contributed by atoms with Gasteiger partial charge in [0.1, 0.15) is 0 Å². The van der Waals surface area contributed by atoms with Crippen LogP contribution in [0.25, 0.3) is 0 Å². The van der Waals surface area contributed by atoms with E-state index in [0.29, 0.717) is 6.04 Å². The standard InChI is InChI=1S/C17H19N3S/c1-13-11-21-16(20-13)7-8-19-15-9-17(10-15,12-18)14-5-3-2-4-6-14/h2-6,11,15,19H,7-10H2,1H3. The van der Waals surface area contributed by atoms with Gasteiger partial charge in [-0.15, -0.1) is 11.3 Å². The van der Waals surface area contributed by atoms with Crippen molar-refractivity contribution in [1.29, 1.82) is 5.26 Å². The lowest BCUT2D eigenvalue weighted by molar-refractivity contribution is 0.228. The zero-order valence-electron chi connectivity index (χ0n) is 12.2. The minimum Gasteiger partial charge on any atom is -0.313 e. The lowest BCUT2D eigenvalue weighted by Crippen LogP contribution is -2.51. The largest absolute Gasteiger partial charge is 0.313 e. The number of nitriles is 1. The molecule has 0 atom stereocenters. The fourth-order valence-electron chi connectivity index (χ4n) is 2.98. The fourth-order valence-corrected chi connectivity index (χ4v) is 3.75. The van der Waals surface area contributed by atoms with E-state index in [9.17, 15) is 5.26 Å². The van der Waals surface area contributed by atoms with E-state index in [2.05, 4.69) is 33.9 Å². The Morgan fingerprint density at radius 2 is 2.14 bits per heavy atom. The molecule has 0 amide bonds. The summed E-state index contributed by atoms with van der Waals surface area (Å²) in [4.78, 5) is 4.47. The van der Waals surface area contributed by atoms with Gasteiger partial charge >= 0.3 is 0 Å². The molecule has 3 rings (SSSR count). The molecule has 108 valence electrons. The maximum Gasteiger partial charge on any atom is 0.0940 e. The molecule has 1 aliphatic rings. The molecule has 1 heterocycles. The summed E-state index contributed by atoms with van der Waals surface area (Å²) in [6, 6.07) is 13.1. The van der Waals surface area contributed by atoms with Crippen LogP contribution in [0.3, 0.4) is 0 Å². The van der Waals surface area contributed by atoms with E-state index in [-0.39, 0.29) is 5.41 Å². The molecular weight excluding hydrogens is 278 g/mol. The molecule has 0 radical (unpaired) electrons. The SMILES string of the molecule is Cc1csc(CCNC2CC(C#N)(c3ccccc3)C2)n1. The molecule has 0 spiro atoms. The molecular formula is C17H19N3S. The molecule has 1 fully saturated rings. The summed E-state index contributed by atoms with van der Waals surface area (Å²) in [5.41, 5.74) is 1.98. The summed E-state index contributed by atoms with van der Waals surface area (Å²) in [6.45, 7) is 2.97. The number of nitrogens with zero attached hydrogens (tertiary/aromatic N) is 2. The molecule has 3 nitrogen and oxygen atoms in total. The Morgan fingerprint density at radius 3 is 2.76 bits per heavy atom. The van der Waals surface area contributed by atoms with Crippen LogP contribution in [0.4, 0.5) is 0 Å². The third-order valence-corrected chi connectivity index (χ3v) is 5.20. The number of rotatable bonds is 5. The van der Waals surface area contributed by atoms with E-state index < -0.39 is 0 Å². The Kier molecular flexibility index (Phi) is 4.05. The van der Waals surface area contributed by atoms with Gasteiger partial charge in [0.15, 0.2) is 0 Å². The smallest absolute Gasteiger partial charge is 0.0940 e. The normalized spacial score (nSPS) is 24.3. The van der Waals surface area contributed by atoms with Crippen molar-refractivity contribution in [3.8, 4) is 6.07 Å². The number of thiazole rings is 1. The van der Waals surface area contributed by atoms with Crippen LogP contribution in [0.2, 0.25) is 0 Å². The van der Waals surface area contributed by atoms with Gasteiger partial charge in [0.05, 0.1) is 16.5 Å². The number of nitrogens with one attached hydrogen (secondary N) is 1. The molecule has 0 bridgehead atoms. The molecule has 21 heavy (non-hydrogen) atoms. The van der Waals surface area contributed by atoms with E-state index in [0.717, 1.165) is 37.1 Å². The first-order valence-electron chi connectivity index (χ1n) is 7.33. The Morgan fingerprint density at radius 1 is 1.38 bits per heavy atom. The van der Waals surface area contributed by atoms with Crippen LogP contribution in [0.15, 0.2) is 35.7 Å². The number of aromatic nitrogens is 1. The summed E-state index contributed by atoms with van der Waals surface area (Å²) >= 11 is 1.72. The van der Waals surface area contributed by atoms with Gasteiger partial charge in [-0.1, -0.05) is 30.3 Å². The fraction of sp³-hybridized carbons (Fsp3) is 0.412. The second kappa shape index (κ2) is 5.97. The minimum absolute atomic E-state index is 0.281. The summed E-state index contributed by atoms with van der Waals surface area (Å²) in [7, 11) is 0. The van der Waals surface area contributed by atoms with Crippen molar-refractivity contribution in [1.82, 2.24) is 10.3 Å². The van der Waals surface area contributed by atoms with E-state index in [1.807, 2.05) is 25.1 Å². The van der Waals surface area contributed by atoms with E-state index in [4.69, 9.17) is 0 Å². The van der Waals surface area contributed by atoms with Crippen LogP contribution >= 0.6 is 11.3 Å². The van der Waals surface area contributed by atoms with Crippen LogP contribution in [0.5, 0.6) is 0 Å². The van der Waals surface area contributed by atoms with Gasteiger partial charge in [-0.25, -0.2) is 4.98 Å². The minimum atomic E-state index is -0.281. The van der Waals surface area contributed by atoms with Crippen LogP contribution in [-0.4, -0.2) is 17.6 Å². The highest BCUT2D eigenvalue weighted by Crippen LogP contribution is 2.43. The second-order valence-electron chi connectivity index (χ2n) is 5.75. The number of aryl methyl sites for hydroxylation is 1. The van der Waals surface area contributed by atoms with Crippen molar-refractivity contribution in [3.05, 3.63) is 52.0 Å². The summed E-state index contributed by atoms with van der Waals surface area (Å²) < 4.78 is 0. The van der Waals surface area contributed by atoms with Crippen molar-refractivity contribution in [2.45, 2.75) is 37.6 Å². The van der Waals surface area contributed by atoms with Crippen molar-refractivity contribution in [3.63, 3.8) is 0 Å². The van der Waals surface area contributed by atoms with Crippen LogP contribution in [0, 0.1) is 18.3 Å². The Hall–Kier alpha value is -1.70. The first-order valence-corrected chi connectivity index (χ1v) is 8.21. The maximum atomic E-state index is 9.53. The Bertz CT molecular complexity index is 636. The molecule has 2 aromatic rings.